The van der Waals surface area contributed by atoms with Gasteiger partial charge in [-0.25, -0.2) is 4.68 Å². The van der Waals surface area contributed by atoms with Crippen molar-refractivity contribution < 1.29 is 9.53 Å². The minimum Gasteiger partial charge on any atom is -0.371 e. The lowest BCUT2D eigenvalue weighted by Gasteiger charge is -2.06. The predicted molar refractivity (Wildman–Crippen MR) is 54.1 cm³/mol. The molecule has 0 fully saturated rings. The third kappa shape index (κ3) is 2.62. The number of ketones is 1. The van der Waals surface area contributed by atoms with Crippen molar-refractivity contribution in [1.82, 2.24) is 15.0 Å². The lowest BCUT2D eigenvalue weighted by Crippen LogP contribution is -2.16. The summed E-state index contributed by atoms with van der Waals surface area (Å²) in [6.45, 7) is 3.81. The first-order valence-electron chi connectivity index (χ1n) is 4.22. The first kappa shape index (κ1) is 11.3. The van der Waals surface area contributed by atoms with Gasteiger partial charge in [-0.05, 0) is 29.8 Å². The molecule has 0 saturated heterocycles. The fourth-order valence-corrected chi connectivity index (χ4v) is 1.49. The van der Waals surface area contributed by atoms with Crippen LogP contribution < -0.4 is 0 Å². The van der Waals surface area contributed by atoms with Crippen molar-refractivity contribution in [2.45, 2.75) is 20.0 Å². The zero-order valence-electron chi connectivity index (χ0n) is 8.32. The molecule has 0 unspecified atom stereocenters. The number of carbonyl (C=O) groups excluding carboxylic acids is 1. The Kier molecular flexibility index (Phi) is 3.77. The topological polar surface area (TPSA) is 57.0 Å². The van der Waals surface area contributed by atoms with E-state index in [9.17, 15) is 4.79 Å². The van der Waals surface area contributed by atoms with Gasteiger partial charge in [0.25, 0.3) is 0 Å². The van der Waals surface area contributed by atoms with Gasteiger partial charge in [0, 0.05) is 7.05 Å². The Balaban J connectivity index is 2.70. The number of carbonyl (C=O) groups is 1. The number of Topliss-reactive ketones (excluding diaryl/α,β-unsaturated/α-hetero) is 1. The number of ether oxygens (including phenoxy) is 1. The van der Waals surface area contributed by atoms with Gasteiger partial charge >= 0.3 is 0 Å². The summed E-state index contributed by atoms with van der Waals surface area (Å²) in [5, 5.41) is 7.43. The summed E-state index contributed by atoms with van der Waals surface area (Å²) in [6.07, 6.45) is 0.0407. The molecule has 0 aliphatic rings. The van der Waals surface area contributed by atoms with Crippen molar-refractivity contribution in [2.24, 2.45) is 7.05 Å². The predicted octanol–water partition coefficient (Wildman–Crippen LogP) is 1.19. The van der Waals surface area contributed by atoms with Crippen LogP contribution in [0.15, 0.2) is 4.60 Å². The van der Waals surface area contributed by atoms with Crippen molar-refractivity contribution in [3.05, 3.63) is 10.3 Å². The smallest absolute Gasteiger partial charge is 0.209 e. The minimum atomic E-state index is -0.127. The van der Waals surface area contributed by atoms with Crippen molar-refractivity contribution >= 4 is 21.7 Å². The molecule has 6 heteroatoms. The average molecular weight is 262 g/mol. The molecule has 0 saturated carbocycles. The van der Waals surface area contributed by atoms with E-state index in [1.165, 1.54) is 4.68 Å². The maximum atomic E-state index is 11.6. The Morgan fingerprint density at radius 1 is 1.64 bits per heavy atom. The van der Waals surface area contributed by atoms with Gasteiger partial charge in [0.2, 0.25) is 5.78 Å². The molecule has 5 nitrogen and oxygen atoms in total. The molecule has 0 bridgehead atoms. The Morgan fingerprint density at radius 2 is 2.29 bits per heavy atom. The van der Waals surface area contributed by atoms with Gasteiger partial charge in [0.05, 0.1) is 6.10 Å². The van der Waals surface area contributed by atoms with E-state index >= 15 is 0 Å². The van der Waals surface area contributed by atoms with Crippen LogP contribution in [0.3, 0.4) is 0 Å². The van der Waals surface area contributed by atoms with Crippen LogP contribution in [0.5, 0.6) is 0 Å². The monoisotopic (exact) mass is 261 g/mol. The summed E-state index contributed by atoms with van der Waals surface area (Å²) in [5.74, 6) is -0.127. The second-order valence-corrected chi connectivity index (χ2v) is 3.89. The fraction of sp³-hybridized carbons (Fsp3) is 0.625. The molecule has 1 aromatic heterocycles. The maximum Gasteiger partial charge on any atom is 0.209 e. The Morgan fingerprint density at radius 3 is 2.71 bits per heavy atom. The molecule has 0 atom stereocenters. The summed E-state index contributed by atoms with van der Waals surface area (Å²) < 4.78 is 7.08. The van der Waals surface area contributed by atoms with E-state index in [-0.39, 0.29) is 18.5 Å². The molecule has 78 valence electrons. The van der Waals surface area contributed by atoms with Crippen molar-refractivity contribution in [2.75, 3.05) is 6.61 Å². The van der Waals surface area contributed by atoms with Gasteiger partial charge in [-0.1, -0.05) is 5.21 Å². The Hall–Kier alpha value is -0.750. The third-order valence-corrected chi connectivity index (χ3v) is 2.13. The summed E-state index contributed by atoms with van der Waals surface area (Å²) in [4.78, 5) is 11.6. The summed E-state index contributed by atoms with van der Waals surface area (Å²) in [6, 6.07) is 0. The standard InChI is InChI=1S/C8H12BrN3O2/c1-5(2)14-4-6(13)7-8(9)10-11-12(7)3/h5H,4H2,1-3H3. The van der Waals surface area contributed by atoms with E-state index in [2.05, 4.69) is 26.2 Å². The SMILES string of the molecule is CC(C)OCC(=O)c1c(Br)nnn1C. The molecule has 0 spiro atoms. The van der Waals surface area contributed by atoms with Crippen LogP contribution >= 0.6 is 15.9 Å². The lowest BCUT2D eigenvalue weighted by atomic mass is 10.3. The van der Waals surface area contributed by atoms with Crippen LogP contribution in [0, 0.1) is 0 Å². The largest absolute Gasteiger partial charge is 0.371 e. The van der Waals surface area contributed by atoms with E-state index in [0.29, 0.717) is 10.3 Å². The van der Waals surface area contributed by atoms with Crippen LogP contribution in [-0.2, 0) is 11.8 Å². The molecule has 1 rings (SSSR count). The van der Waals surface area contributed by atoms with Crippen molar-refractivity contribution in [3.63, 3.8) is 0 Å². The molecule has 1 heterocycles. The molecule has 0 N–H and O–H groups in total. The van der Waals surface area contributed by atoms with Crippen molar-refractivity contribution in [3.8, 4) is 0 Å². The number of hydrogen-bond donors (Lipinski definition) is 0. The number of nitrogens with zero attached hydrogens (tertiary/aromatic N) is 3. The highest BCUT2D eigenvalue weighted by atomic mass is 79.9. The van der Waals surface area contributed by atoms with Crippen LogP contribution in [0.2, 0.25) is 0 Å². The molecular weight excluding hydrogens is 250 g/mol. The van der Waals surface area contributed by atoms with Crippen molar-refractivity contribution in [1.29, 1.82) is 0 Å². The molecule has 0 radical (unpaired) electrons. The van der Waals surface area contributed by atoms with Gasteiger partial charge < -0.3 is 4.74 Å². The zero-order chi connectivity index (χ0) is 10.7. The van der Waals surface area contributed by atoms with Gasteiger partial charge in [-0.2, -0.15) is 0 Å². The summed E-state index contributed by atoms with van der Waals surface area (Å²) >= 11 is 3.15. The highest BCUT2D eigenvalue weighted by Gasteiger charge is 2.16. The lowest BCUT2D eigenvalue weighted by molar-refractivity contribution is 0.0576. The number of aromatic nitrogens is 3. The Labute approximate surface area is 90.6 Å². The number of hydrogen-bond acceptors (Lipinski definition) is 4. The van der Waals surface area contributed by atoms with E-state index in [0.717, 1.165) is 0 Å². The number of aryl methyl sites for hydroxylation is 1. The van der Waals surface area contributed by atoms with Gasteiger partial charge in [-0.15, -0.1) is 5.10 Å². The maximum absolute atomic E-state index is 11.6. The highest BCUT2D eigenvalue weighted by Crippen LogP contribution is 2.12. The second-order valence-electron chi connectivity index (χ2n) is 3.14. The van der Waals surface area contributed by atoms with E-state index in [1.54, 1.807) is 7.05 Å². The molecule has 0 aliphatic carbocycles. The molecule has 1 aromatic rings. The molecule has 14 heavy (non-hydrogen) atoms. The van der Waals surface area contributed by atoms with E-state index in [1.807, 2.05) is 13.8 Å². The summed E-state index contributed by atoms with van der Waals surface area (Å²) in [7, 11) is 1.67. The normalized spacial score (nSPS) is 10.9. The number of halogens is 1. The zero-order valence-corrected chi connectivity index (χ0v) is 9.91. The highest BCUT2D eigenvalue weighted by molar-refractivity contribution is 9.10. The number of rotatable bonds is 4. The molecule has 0 amide bonds. The minimum absolute atomic E-state index is 0.0407. The van der Waals surface area contributed by atoms with Crippen LogP contribution in [0.25, 0.3) is 0 Å². The van der Waals surface area contributed by atoms with Crippen LogP contribution in [0.1, 0.15) is 24.3 Å². The molecular formula is C8H12BrN3O2. The first-order valence-corrected chi connectivity index (χ1v) is 5.01. The first-order chi connectivity index (χ1) is 6.52. The second kappa shape index (κ2) is 4.65. The average Bonchev–Trinajstić information content (AvgIpc) is 2.42. The summed E-state index contributed by atoms with van der Waals surface area (Å²) in [5.41, 5.74) is 0.436. The fourth-order valence-electron chi connectivity index (χ4n) is 0.938. The van der Waals surface area contributed by atoms with Crippen LogP contribution in [0.4, 0.5) is 0 Å². The van der Waals surface area contributed by atoms with E-state index < -0.39 is 0 Å². The Bertz CT molecular complexity index is 316. The van der Waals surface area contributed by atoms with Gasteiger partial charge in [-0.3, -0.25) is 4.79 Å². The van der Waals surface area contributed by atoms with Gasteiger partial charge in [0.15, 0.2) is 4.60 Å². The third-order valence-electron chi connectivity index (χ3n) is 1.60. The van der Waals surface area contributed by atoms with Gasteiger partial charge in [0.1, 0.15) is 12.3 Å². The quantitative estimate of drug-likeness (QED) is 0.765. The molecule has 0 aromatic carbocycles. The molecule has 0 aliphatic heterocycles. The van der Waals surface area contributed by atoms with E-state index in [4.69, 9.17) is 4.74 Å². The van der Waals surface area contributed by atoms with Crippen LogP contribution in [-0.4, -0.2) is 33.5 Å².